The third kappa shape index (κ3) is 4.17. The minimum atomic E-state index is -0.428. The van der Waals surface area contributed by atoms with Crippen LogP contribution in [0.25, 0.3) is 0 Å². The van der Waals surface area contributed by atoms with E-state index < -0.39 is 11.8 Å². The standard InChI is InChI=1S/C22H23N3O4.ClH/c1-2-29-17-8-6-16(7-9-17)25-21(27)18-10-5-14(12-19(18)22(25)28)20(26)24-15-4-3-11-23-13-15;/h5-10,12,15,23H,2-4,11,13H2,1H3,(H,24,26);1H. The van der Waals surface area contributed by atoms with Gasteiger partial charge in [0.25, 0.3) is 17.7 Å². The number of ether oxygens (including phenoxy) is 1. The first-order chi connectivity index (χ1) is 14.1. The molecule has 2 aromatic carbocycles. The molecule has 2 N–H and O–H groups in total. The predicted molar refractivity (Wildman–Crippen MR) is 116 cm³/mol. The molecule has 0 aliphatic carbocycles. The second kappa shape index (κ2) is 9.28. The average Bonchev–Trinajstić information content (AvgIpc) is 2.99. The highest BCUT2D eigenvalue weighted by Gasteiger charge is 2.37. The van der Waals surface area contributed by atoms with Crippen LogP contribution in [0.2, 0.25) is 0 Å². The summed E-state index contributed by atoms with van der Waals surface area (Å²) in [7, 11) is 0. The van der Waals surface area contributed by atoms with Crippen molar-refractivity contribution in [2.75, 3.05) is 24.6 Å². The topological polar surface area (TPSA) is 87.7 Å². The van der Waals surface area contributed by atoms with Crippen LogP contribution in [0.1, 0.15) is 50.8 Å². The highest BCUT2D eigenvalue weighted by Crippen LogP contribution is 2.30. The van der Waals surface area contributed by atoms with Gasteiger partial charge in [0.15, 0.2) is 0 Å². The third-order valence-corrected chi connectivity index (χ3v) is 5.19. The van der Waals surface area contributed by atoms with Crippen LogP contribution in [0.5, 0.6) is 5.75 Å². The molecule has 2 aromatic rings. The van der Waals surface area contributed by atoms with Crippen LogP contribution in [0.15, 0.2) is 42.5 Å². The van der Waals surface area contributed by atoms with Crippen molar-refractivity contribution in [3.05, 3.63) is 59.2 Å². The fourth-order valence-corrected chi connectivity index (χ4v) is 3.72. The molecule has 1 saturated heterocycles. The van der Waals surface area contributed by atoms with Gasteiger partial charge < -0.3 is 15.4 Å². The molecular formula is C22H24ClN3O4. The third-order valence-electron chi connectivity index (χ3n) is 5.19. The zero-order valence-corrected chi connectivity index (χ0v) is 17.5. The Morgan fingerprint density at radius 1 is 1.13 bits per heavy atom. The number of nitrogens with one attached hydrogen (secondary N) is 2. The number of fused-ring (bicyclic) bond motifs is 1. The first-order valence-electron chi connectivity index (χ1n) is 9.85. The molecule has 8 heteroatoms. The summed E-state index contributed by atoms with van der Waals surface area (Å²) in [6, 6.07) is 11.5. The molecule has 2 aliphatic rings. The number of nitrogens with zero attached hydrogens (tertiary/aromatic N) is 1. The lowest BCUT2D eigenvalue weighted by molar-refractivity contribution is 0.0919. The highest BCUT2D eigenvalue weighted by molar-refractivity contribution is 6.34. The Kier molecular flexibility index (Phi) is 6.74. The number of benzene rings is 2. The summed E-state index contributed by atoms with van der Waals surface area (Å²) >= 11 is 0. The molecule has 0 radical (unpaired) electrons. The zero-order chi connectivity index (χ0) is 20.4. The maximum absolute atomic E-state index is 12.9. The van der Waals surface area contributed by atoms with Crippen molar-refractivity contribution in [2.45, 2.75) is 25.8 Å². The molecule has 1 unspecified atom stereocenters. The average molecular weight is 430 g/mol. The molecular weight excluding hydrogens is 406 g/mol. The van der Waals surface area contributed by atoms with Crippen molar-refractivity contribution in [3.8, 4) is 5.75 Å². The Labute approximate surface area is 181 Å². The van der Waals surface area contributed by atoms with Crippen LogP contribution in [0, 0.1) is 0 Å². The molecule has 158 valence electrons. The normalized spacial score (nSPS) is 17.9. The molecule has 0 aromatic heterocycles. The number of hydrogen-bond acceptors (Lipinski definition) is 5. The van der Waals surface area contributed by atoms with Gasteiger partial charge in [-0.1, -0.05) is 0 Å². The molecule has 2 heterocycles. The number of halogens is 1. The molecule has 1 fully saturated rings. The second-order valence-electron chi connectivity index (χ2n) is 7.15. The zero-order valence-electron chi connectivity index (χ0n) is 16.6. The smallest absolute Gasteiger partial charge is 0.266 e. The highest BCUT2D eigenvalue weighted by atomic mass is 35.5. The first-order valence-corrected chi connectivity index (χ1v) is 9.85. The van der Waals surface area contributed by atoms with E-state index in [1.807, 2.05) is 6.92 Å². The van der Waals surface area contributed by atoms with Crippen molar-refractivity contribution in [1.29, 1.82) is 0 Å². The van der Waals surface area contributed by atoms with E-state index in [1.54, 1.807) is 36.4 Å². The maximum atomic E-state index is 12.9. The van der Waals surface area contributed by atoms with Crippen molar-refractivity contribution >= 4 is 35.8 Å². The number of piperidine rings is 1. The largest absolute Gasteiger partial charge is 0.494 e. The van der Waals surface area contributed by atoms with Gasteiger partial charge in [0.1, 0.15) is 5.75 Å². The minimum absolute atomic E-state index is 0. The number of carbonyl (C=O) groups excluding carboxylic acids is 3. The molecule has 0 bridgehead atoms. The Morgan fingerprint density at radius 3 is 2.53 bits per heavy atom. The summed E-state index contributed by atoms with van der Waals surface area (Å²) in [4.78, 5) is 39.4. The molecule has 4 rings (SSSR count). The monoisotopic (exact) mass is 429 g/mol. The summed E-state index contributed by atoms with van der Waals surface area (Å²) in [5.74, 6) is -0.383. The van der Waals surface area contributed by atoms with Crippen LogP contribution in [-0.4, -0.2) is 43.5 Å². The van der Waals surface area contributed by atoms with E-state index in [1.165, 1.54) is 6.07 Å². The predicted octanol–water partition coefficient (Wildman–Crippen LogP) is 2.79. The molecule has 3 amide bonds. The lowest BCUT2D eigenvalue weighted by Crippen LogP contribution is -2.45. The van der Waals surface area contributed by atoms with Gasteiger partial charge in [-0.2, -0.15) is 0 Å². The molecule has 1 atom stereocenters. The fourth-order valence-electron chi connectivity index (χ4n) is 3.72. The summed E-state index contributed by atoms with van der Waals surface area (Å²) in [6.07, 6.45) is 1.94. The van der Waals surface area contributed by atoms with Crippen molar-refractivity contribution in [1.82, 2.24) is 10.6 Å². The molecule has 30 heavy (non-hydrogen) atoms. The van der Waals surface area contributed by atoms with Gasteiger partial charge in [-0.3, -0.25) is 14.4 Å². The lowest BCUT2D eigenvalue weighted by Gasteiger charge is -2.23. The summed E-state index contributed by atoms with van der Waals surface area (Å²) in [5.41, 5.74) is 1.40. The first kappa shape index (κ1) is 21.8. The van der Waals surface area contributed by atoms with Crippen LogP contribution >= 0.6 is 12.4 Å². The molecule has 0 spiro atoms. The minimum Gasteiger partial charge on any atom is -0.494 e. The van der Waals surface area contributed by atoms with Crippen LogP contribution in [0.3, 0.4) is 0 Å². The van der Waals surface area contributed by atoms with Gasteiger partial charge in [0.05, 0.1) is 23.4 Å². The van der Waals surface area contributed by atoms with E-state index in [2.05, 4.69) is 10.6 Å². The summed E-state index contributed by atoms with van der Waals surface area (Å²) < 4.78 is 5.41. The molecule has 2 aliphatic heterocycles. The van der Waals surface area contributed by atoms with Crippen molar-refractivity contribution in [2.24, 2.45) is 0 Å². The van der Waals surface area contributed by atoms with Gasteiger partial charge in [-0.15, -0.1) is 12.4 Å². The van der Waals surface area contributed by atoms with Gasteiger partial charge >= 0.3 is 0 Å². The maximum Gasteiger partial charge on any atom is 0.266 e. The molecule has 7 nitrogen and oxygen atoms in total. The van der Waals surface area contributed by atoms with Crippen LogP contribution in [-0.2, 0) is 0 Å². The number of carbonyl (C=O) groups is 3. The van der Waals surface area contributed by atoms with E-state index >= 15 is 0 Å². The van der Waals surface area contributed by atoms with E-state index in [9.17, 15) is 14.4 Å². The van der Waals surface area contributed by atoms with Gasteiger partial charge in [-0.05, 0) is 68.8 Å². The number of amides is 3. The number of hydrogen-bond donors (Lipinski definition) is 2. The Balaban J connectivity index is 0.00000256. The van der Waals surface area contributed by atoms with Gasteiger partial charge in [0, 0.05) is 18.2 Å². The Hall–Kier alpha value is -2.90. The van der Waals surface area contributed by atoms with Crippen molar-refractivity contribution < 1.29 is 19.1 Å². The Bertz CT molecular complexity index is 955. The Morgan fingerprint density at radius 2 is 1.87 bits per heavy atom. The van der Waals surface area contributed by atoms with Crippen LogP contribution in [0.4, 0.5) is 5.69 Å². The lowest BCUT2D eigenvalue weighted by atomic mass is 10.0. The quantitative estimate of drug-likeness (QED) is 0.713. The SMILES string of the molecule is CCOc1ccc(N2C(=O)c3ccc(C(=O)NC4CCCNC4)cc3C2=O)cc1.Cl. The number of imide groups is 1. The number of anilines is 1. The second-order valence-corrected chi connectivity index (χ2v) is 7.15. The van der Waals surface area contributed by atoms with E-state index in [0.717, 1.165) is 30.8 Å². The summed E-state index contributed by atoms with van der Waals surface area (Å²) in [6.45, 7) is 4.12. The van der Waals surface area contributed by atoms with Gasteiger partial charge in [-0.25, -0.2) is 4.90 Å². The molecule has 0 saturated carbocycles. The van der Waals surface area contributed by atoms with E-state index in [0.29, 0.717) is 29.2 Å². The van der Waals surface area contributed by atoms with E-state index in [-0.39, 0.29) is 29.9 Å². The van der Waals surface area contributed by atoms with Crippen LogP contribution < -0.4 is 20.3 Å². The number of rotatable bonds is 5. The van der Waals surface area contributed by atoms with Gasteiger partial charge in [0.2, 0.25) is 0 Å². The fraction of sp³-hybridized carbons (Fsp3) is 0.318. The van der Waals surface area contributed by atoms with E-state index in [4.69, 9.17) is 4.74 Å². The van der Waals surface area contributed by atoms with Crippen molar-refractivity contribution in [3.63, 3.8) is 0 Å². The summed E-state index contributed by atoms with van der Waals surface area (Å²) in [5, 5.41) is 6.24.